The summed E-state index contributed by atoms with van der Waals surface area (Å²) in [6.45, 7) is 2.42. The van der Waals surface area contributed by atoms with E-state index in [0.717, 1.165) is 11.1 Å². The summed E-state index contributed by atoms with van der Waals surface area (Å²) in [5.41, 5.74) is 1.89. The van der Waals surface area contributed by atoms with Gasteiger partial charge in [0.1, 0.15) is 0 Å². The third-order valence-corrected chi connectivity index (χ3v) is 5.27. The number of nitrogens with one attached hydrogen (secondary N) is 1. The lowest BCUT2D eigenvalue weighted by atomic mass is 10.0. The molecule has 5 heteroatoms. The van der Waals surface area contributed by atoms with Crippen molar-refractivity contribution in [2.24, 2.45) is 0 Å². The average molecular weight is 329 g/mol. The highest BCUT2D eigenvalue weighted by atomic mass is 32.2. The minimum atomic E-state index is -3.63. The second-order valence-corrected chi connectivity index (χ2v) is 7.26. The normalized spacial score (nSPS) is 18.9. The Morgan fingerprint density at radius 2 is 1.78 bits per heavy atom. The molecule has 0 bridgehead atoms. The van der Waals surface area contributed by atoms with Crippen molar-refractivity contribution >= 4 is 10.0 Å². The van der Waals surface area contributed by atoms with Gasteiger partial charge in [-0.2, -0.15) is 0 Å². The summed E-state index contributed by atoms with van der Waals surface area (Å²) >= 11 is 0. The number of rotatable bonds is 5. The van der Waals surface area contributed by atoms with Crippen molar-refractivity contribution in [3.05, 3.63) is 77.9 Å². The Morgan fingerprint density at radius 1 is 1.09 bits per heavy atom. The average Bonchev–Trinajstić information content (AvgIpc) is 3.08. The first-order valence-electron chi connectivity index (χ1n) is 7.48. The standard InChI is InChI=1S/C18H19NO3S/c1-14-9-11-16(12-10-14)23(20,21)19-18(17-8-5-13-22-17)15-6-3-2-4-7-15/h2-12,17-19H,13H2,1H3/t17-,18+/m1/s1. The van der Waals surface area contributed by atoms with Crippen molar-refractivity contribution in [1.29, 1.82) is 0 Å². The van der Waals surface area contributed by atoms with Crippen molar-refractivity contribution in [3.8, 4) is 0 Å². The van der Waals surface area contributed by atoms with Gasteiger partial charge in [0, 0.05) is 0 Å². The summed E-state index contributed by atoms with van der Waals surface area (Å²) in [5.74, 6) is 0. The second-order valence-electron chi connectivity index (χ2n) is 5.55. The lowest BCUT2D eigenvalue weighted by Crippen LogP contribution is -2.35. The van der Waals surface area contributed by atoms with Gasteiger partial charge in [-0.05, 0) is 24.6 Å². The van der Waals surface area contributed by atoms with Gasteiger partial charge in [-0.1, -0.05) is 60.2 Å². The Morgan fingerprint density at radius 3 is 2.39 bits per heavy atom. The van der Waals surface area contributed by atoms with Crippen LogP contribution in [0.2, 0.25) is 0 Å². The van der Waals surface area contributed by atoms with Gasteiger partial charge >= 0.3 is 0 Å². The number of hydrogen-bond acceptors (Lipinski definition) is 3. The molecule has 2 aromatic rings. The van der Waals surface area contributed by atoms with Crippen LogP contribution in [0.15, 0.2) is 71.6 Å². The van der Waals surface area contributed by atoms with Gasteiger partial charge in [0.05, 0.1) is 23.6 Å². The molecular formula is C18H19NO3S. The van der Waals surface area contributed by atoms with Gasteiger partial charge in [-0.15, -0.1) is 0 Å². The molecule has 1 aliphatic heterocycles. The van der Waals surface area contributed by atoms with E-state index in [1.54, 1.807) is 24.3 Å². The first kappa shape index (κ1) is 15.9. The van der Waals surface area contributed by atoms with Crippen LogP contribution in [0.25, 0.3) is 0 Å². The van der Waals surface area contributed by atoms with E-state index in [4.69, 9.17) is 4.74 Å². The summed E-state index contributed by atoms with van der Waals surface area (Å²) in [7, 11) is -3.63. The van der Waals surface area contributed by atoms with E-state index in [0.29, 0.717) is 6.61 Å². The van der Waals surface area contributed by atoms with Crippen LogP contribution in [-0.4, -0.2) is 21.1 Å². The fourth-order valence-electron chi connectivity index (χ4n) is 2.56. The van der Waals surface area contributed by atoms with Gasteiger partial charge in [-0.3, -0.25) is 0 Å². The van der Waals surface area contributed by atoms with Crippen molar-refractivity contribution in [3.63, 3.8) is 0 Å². The molecule has 0 fully saturated rings. The van der Waals surface area contributed by atoms with Gasteiger partial charge in [0.25, 0.3) is 0 Å². The molecule has 0 aliphatic carbocycles. The molecule has 0 saturated heterocycles. The van der Waals surface area contributed by atoms with Crippen molar-refractivity contribution in [2.45, 2.75) is 24.0 Å². The molecule has 1 heterocycles. The SMILES string of the molecule is Cc1ccc(S(=O)(=O)N[C@@H](c2ccccc2)[C@H]2C=CCO2)cc1. The summed E-state index contributed by atoms with van der Waals surface area (Å²) in [4.78, 5) is 0.256. The van der Waals surface area contributed by atoms with Crippen LogP contribution in [0.3, 0.4) is 0 Å². The number of benzene rings is 2. The van der Waals surface area contributed by atoms with E-state index in [1.807, 2.05) is 49.4 Å². The molecule has 4 nitrogen and oxygen atoms in total. The maximum Gasteiger partial charge on any atom is 0.241 e. The van der Waals surface area contributed by atoms with Crippen molar-refractivity contribution in [1.82, 2.24) is 4.72 Å². The molecule has 0 aromatic heterocycles. The number of aryl methyl sites for hydroxylation is 1. The molecule has 23 heavy (non-hydrogen) atoms. The Bertz CT molecular complexity index is 783. The molecule has 2 aromatic carbocycles. The molecule has 0 radical (unpaired) electrons. The topological polar surface area (TPSA) is 55.4 Å². The molecule has 0 unspecified atom stereocenters. The Kier molecular flexibility index (Phi) is 4.61. The van der Waals surface area contributed by atoms with Gasteiger partial charge in [0.15, 0.2) is 0 Å². The van der Waals surface area contributed by atoms with Crippen LogP contribution in [0.1, 0.15) is 17.2 Å². The van der Waals surface area contributed by atoms with Crippen LogP contribution in [0.5, 0.6) is 0 Å². The number of hydrogen-bond donors (Lipinski definition) is 1. The highest BCUT2D eigenvalue weighted by molar-refractivity contribution is 7.89. The zero-order chi connectivity index (χ0) is 16.3. The molecule has 0 saturated carbocycles. The fraction of sp³-hybridized carbons (Fsp3) is 0.222. The van der Waals surface area contributed by atoms with Crippen molar-refractivity contribution < 1.29 is 13.2 Å². The lowest BCUT2D eigenvalue weighted by Gasteiger charge is -2.24. The Balaban J connectivity index is 1.91. The zero-order valence-corrected chi connectivity index (χ0v) is 13.7. The monoisotopic (exact) mass is 329 g/mol. The molecular weight excluding hydrogens is 310 g/mol. The summed E-state index contributed by atoms with van der Waals surface area (Å²) in [6, 6.07) is 15.8. The first-order chi connectivity index (χ1) is 11.1. The molecule has 3 rings (SSSR count). The van der Waals surface area contributed by atoms with E-state index in [2.05, 4.69) is 4.72 Å². The minimum Gasteiger partial charge on any atom is -0.368 e. The maximum absolute atomic E-state index is 12.7. The predicted molar refractivity (Wildman–Crippen MR) is 89.6 cm³/mol. The van der Waals surface area contributed by atoms with E-state index in [-0.39, 0.29) is 11.0 Å². The molecule has 1 N–H and O–H groups in total. The highest BCUT2D eigenvalue weighted by Gasteiger charge is 2.29. The zero-order valence-electron chi connectivity index (χ0n) is 12.8. The van der Waals surface area contributed by atoms with E-state index >= 15 is 0 Å². The van der Waals surface area contributed by atoms with Crippen LogP contribution < -0.4 is 4.72 Å². The maximum atomic E-state index is 12.7. The number of sulfonamides is 1. The predicted octanol–water partition coefficient (Wildman–Crippen LogP) is 2.97. The molecule has 1 aliphatic rings. The van der Waals surface area contributed by atoms with Gasteiger partial charge in [0.2, 0.25) is 10.0 Å². The molecule has 0 amide bonds. The van der Waals surface area contributed by atoms with Gasteiger partial charge < -0.3 is 4.74 Å². The minimum absolute atomic E-state index is 0.256. The third-order valence-electron chi connectivity index (χ3n) is 3.81. The molecule has 2 atom stereocenters. The third kappa shape index (κ3) is 3.69. The largest absolute Gasteiger partial charge is 0.368 e. The summed E-state index contributed by atoms with van der Waals surface area (Å²) in [5, 5.41) is 0. The van der Waals surface area contributed by atoms with E-state index in [9.17, 15) is 8.42 Å². The first-order valence-corrected chi connectivity index (χ1v) is 8.97. The van der Waals surface area contributed by atoms with Crippen LogP contribution in [-0.2, 0) is 14.8 Å². The van der Waals surface area contributed by atoms with Crippen LogP contribution in [0.4, 0.5) is 0 Å². The summed E-state index contributed by atoms with van der Waals surface area (Å²) < 4.78 is 33.8. The van der Waals surface area contributed by atoms with Crippen LogP contribution >= 0.6 is 0 Å². The van der Waals surface area contributed by atoms with Gasteiger partial charge in [-0.25, -0.2) is 13.1 Å². The molecule has 0 spiro atoms. The summed E-state index contributed by atoms with van der Waals surface area (Å²) in [6.07, 6.45) is 3.49. The Labute approximate surface area is 136 Å². The van der Waals surface area contributed by atoms with E-state index in [1.165, 1.54) is 0 Å². The van der Waals surface area contributed by atoms with Crippen LogP contribution in [0, 0.1) is 6.92 Å². The second kappa shape index (κ2) is 6.66. The van der Waals surface area contributed by atoms with E-state index < -0.39 is 16.1 Å². The lowest BCUT2D eigenvalue weighted by molar-refractivity contribution is 0.103. The smallest absolute Gasteiger partial charge is 0.241 e. The fourth-order valence-corrected chi connectivity index (χ4v) is 3.79. The number of ether oxygens (including phenoxy) is 1. The Hall–Kier alpha value is -1.95. The highest BCUT2D eigenvalue weighted by Crippen LogP contribution is 2.25. The molecule has 120 valence electrons. The van der Waals surface area contributed by atoms with Crippen molar-refractivity contribution in [2.75, 3.05) is 6.61 Å². The quantitative estimate of drug-likeness (QED) is 0.858.